The van der Waals surface area contributed by atoms with E-state index >= 15 is 0 Å². The number of aliphatic hydroxyl groups excluding tert-OH is 1. The summed E-state index contributed by atoms with van der Waals surface area (Å²) in [7, 11) is 0. The fourth-order valence-electron chi connectivity index (χ4n) is 3.32. The summed E-state index contributed by atoms with van der Waals surface area (Å²) in [4.78, 5) is 19.0. The van der Waals surface area contributed by atoms with Crippen LogP contribution in [0.25, 0.3) is 0 Å². The minimum Gasteiger partial charge on any atom is -0.394 e. The number of carbonyl (C=O) groups is 1. The molecule has 2 amide bonds. The smallest absolute Gasteiger partial charge is 0.315 e. The Morgan fingerprint density at radius 3 is 2.44 bits per heavy atom. The van der Waals surface area contributed by atoms with Crippen molar-refractivity contribution in [1.82, 2.24) is 15.6 Å². The van der Waals surface area contributed by atoms with Crippen LogP contribution in [0.5, 0.6) is 0 Å². The topological polar surface area (TPSA) is 77.5 Å². The normalized spacial score (nSPS) is 15.7. The Morgan fingerprint density at radius 2 is 1.81 bits per heavy atom. The second-order valence-electron chi connectivity index (χ2n) is 6.90. The molecule has 0 spiro atoms. The Kier molecular flexibility index (Phi) is 7.04. The third-order valence-electron chi connectivity index (χ3n) is 4.88. The quantitative estimate of drug-likeness (QED) is 0.732. The highest BCUT2D eigenvalue weighted by atomic mass is 16.3. The number of pyridine rings is 1. The molecule has 1 saturated heterocycles. The van der Waals surface area contributed by atoms with E-state index in [0.29, 0.717) is 6.54 Å². The third-order valence-corrected chi connectivity index (χ3v) is 4.88. The molecule has 144 valence electrons. The first-order chi connectivity index (χ1) is 13.3. The van der Waals surface area contributed by atoms with Crippen molar-refractivity contribution >= 4 is 11.8 Å². The standard InChI is InChI=1S/C21H28N4O2/c26-16-19(18-8-4-3-5-9-18)24-21(27)23-15-17-10-11-20(22-14-17)25-12-6-1-2-7-13-25/h3-5,8-11,14,19,26H,1-2,6-7,12-13,15-16H2,(H2,23,24,27). The summed E-state index contributed by atoms with van der Waals surface area (Å²) in [5, 5.41) is 15.2. The van der Waals surface area contributed by atoms with Crippen LogP contribution in [-0.4, -0.2) is 35.8 Å². The van der Waals surface area contributed by atoms with Gasteiger partial charge in [0.25, 0.3) is 0 Å². The average Bonchev–Trinajstić information content (AvgIpc) is 3.01. The van der Waals surface area contributed by atoms with Gasteiger partial charge >= 0.3 is 6.03 Å². The highest BCUT2D eigenvalue weighted by Gasteiger charge is 2.13. The number of hydrogen-bond donors (Lipinski definition) is 3. The van der Waals surface area contributed by atoms with Crippen molar-refractivity contribution in [3.05, 3.63) is 59.8 Å². The number of carbonyl (C=O) groups excluding carboxylic acids is 1. The minimum atomic E-state index is -0.422. The van der Waals surface area contributed by atoms with Crippen molar-refractivity contribution in [2.45, 2.75) is 38.3 Å². The van der Waals surface area contributed by atoms with Crippen molar-refractivity contribution in [1.29, 1.82) is 0 Å². The maximum absolute atomic E-state index is 12.1. The van der Waals surface area contributed by atoms with Gasteiger partial charge in [0, 0.05) is 25.8 Å². The molecular formula is C21H28N4O2. The van der Waals surface area contributed by atoms with E-state index < -0.39 is 6.04 Å². The zero-order valence-electron chi connectivity index (χ0n) is 15.6. The van der Waals surface area contributed by atoms with Crippen molar-refractivity contribution in [3.8, 4) is 0 Å². The lowest BCUT2D eigenvalue weighted by Gasteiger charge is -2.21. The maximum atomic E-state index is 12.1. The number of hydrogen-bond acceptors (Lipinski definition) is 4. The average molecular weight is 368 g/mol. The Bertz CT molecular complexity index is 698. The van der Waals surface area contributed by atoms with E-state index in [9.17, 15) is 9.90 Å². The molecule has 6 heteroatoms. The van der Waals surface area contributed by atoms with Gasteiger partial charge in [0.15, 0.2) is 0 Å². The maximum Gasteiger partial charge on any atom is 0.315 e. The molecule has 6 nitrogen and oxygen atoms in total. The van der Waals surface area contributed by atoms with E-state index in [1.165, 1.54) is 25.7 Å². The molecule has 1 atom stereocenters. The predicted octanol–water partition coefficient (Wildman–Crippen LogP) is 2.99. The van der Waals surface area contributed by atoms with Gasteiger partial charge in [-0.3, -0.25) is 0 Å². The number of nitrogens with one attached hydrogen (secondary N) is 2. The number of anilines is 1. The lowest BCUT2D eigenvalue weighted by molar-refractivity contribution is 0.216. The summed E-state index contributed by atoms with van der Waals surface area (Å²) in [5.74, 6) is 1.01. The van der Waals surface area contributed by atoms with Gasteiger partial charge in [-0.05, 0) is 30.0 Å². The summed E-state index contributed by atoms with van der Waals surface area (Å²) in [6, 6.07) is 12.7. The number of rotatable bonds is 6. The van der Waals surface area contributed by atoms with Gasteiger partial charge in [-0.25, -0.2) is 9.78 Å². The molecule has 2 aromatic rings. The van der Waals surface area contributed by atoms with Crippen molar-refractivity contribution in [3.63, 3.8) is 0 Å². The van der Waals surface area contributed by atoms with Crippen LogP contribution < -0.4 is 15.5 Å². The molecule has 1 fully saturated rings. The fourth-order valence-corrected chi connectivity index (χ4v) is 3.32. The van der Waals surface area contributed by atoms with E-state index in [-0.39, 0.29) is 12.6 Å². The molecular weight excluding hydrogens is 340 g/mol. The number of amides is 2. The SMILES string of the molecule is O=C(NCc1ccc(N2CCCCCC2)nc1)NC(CO)c1ccccc1. The van der Waals surface area contributed by atoms with Crippen LogP contribution in [0.15, 0.2) is 48.7 Å². The first-order valence-electron chi connectivity index (χ1n) is 9.66. The van der Waals surface area contributed by atoms with E-state index in [2.05, 4.69) is 20.5 Å². The van der Waals surface area contributed by atoms with Crippen LogP contribution in [0, 0.1) is 0 Å². The molecule has 1 aromatic heterocycles. The number of nitrogens with zero attached hydrogens (tertiary/aromatic N) is 2. The zero-order valence-corrected chi connectivity index (χ0v) is 15.6. The monoisotopic (exact) mass is 368 g/mol. The molecule has 1 aliphatic rings. The van der Waals surface area contributed by atoms with Gasteiger partial charge in [-0.2, -0.15) is 0 Å². The molecule has 0 bridgehead atoms. The number of urea groups is 1. The first kappa shape index (κ1) is 19.2. The van der Waals surface area contributed by atoms with Crippen molar-refractivity contribution in [2.24, 2.45) is 0 Å². The fraction of sp³-hybridized carbons (Fsp3) is 0.429. The number of benzene rings is 1. The van der Waals surface area contributed by atoms with E-state index in [4.69, 9.17) is 0 Å². The van der Waals surface area contributed by atoms with Gasteiger partial charge in [0.1, 0.15) is 5.82 Å². The second kappa shape index (κ2) is 9.92. The summed E-state index contributed by atoms with van der Waals surface area (Å²) in [6.07, 6.45) is 6.86. The van der Waals surface area contributed by atoms with Gasteiger partial charge in [-0.15, -0.1) is 0 Å². The molecule has 0 aliphatic carbocycles. The predicted molar refractivity (Wildman–Crippen MR) is 107 cm³/mol. The van der Waals surface area contributed by atoms with Crippen LogP contribution in [-0.2, 0) is 6.54 Å². The molecule has 27 heavy (non-hydrogen) atoms. The largest absolute Gasteiger partial charge is 0.394 e. The molecule has 2 heterocycles. The molecule has 3 rings (SSSR count). The second-order valence-corrected chi connectivity index (χ2v) is 6.90. The molecule has 0 radical (unpaired) electrons. The van der Waals surface area contributed by atoms with E-state index in [1.54, 1.807) is 0 Å². The van der Waals surface area contributed by atoms with Crippen LogP contribution in [0.2, 0.25) is 0 Å². The zero-order chi connectivity index (χ0) is 18.9. The third kappa shape index (κ3) is 5.69. The Balaban J connectivity index is 1.49. The lowest BCUT2D eigenvalue weighted by Crippen LogP contribution is -2.38. The lowest BCUT2D eigenvalue weighted by atomic mass is 10.1. The van der Waals surface area contributed by atoms with Gasteiger partial charge in [-0.1, -0.05) is 49.2 Å². The highest BCUT2D eigenvalue weighted by molar-refractivity contribution is 5.74. The molecule has 1 aliphatic heterocycles. The number of aromatic nitrogens is 1. The van der Waals surface area contributed by atoms with Gasteiger partial charge < -0.3 is 20.6 Å². The molecule has 0 saturated carbocycles. The van der Waals surface area contributed by atoms with Crippen molar-refractivity contribution in [2.75, 3.05) is 24.6 Å². The number of aliphatic hydroxyl groups is 1. The van der Waals surface area contributed by atoms with Crippen LogP contribution >= 0.6 is 0 Å². The summed E-state index contributed by atoms with van der Waals surface area (Å²) >= 11 is 0. The van der Waals surface area contributed by atoms with Crippen molar-refractivity contribution < 1.29 is 9.90 Å². The van der Waals surface area contributed by atoms with Crippen LogP contribution in [0.4, 0.5) is 10.6 Å². The minimum absolute atomic E-state index is 0.149. The van der Waals surface area contributed by atoms with E-state index in [1.807, 2.05) is 48.7 Å². The summed E-state index contributed by atoms with van der Waals surface area (Å²) < 4.78 is 0. The van der Waals surface area contributed by atoms with Gasteiger partial charge in [0.05, 0.1) is 12.6 Å². The summed E-state index contributed by atoms with van der Waals surface area (Å²) in [5.41, 5.74) is 1.82. The first-order valence-corrected chi connectivity index (χ1v) is 9.66. The van der Waals surface area contributed by atoms with E-state index in [0.717, 1.165) is 30.0 Å². The summed E-state index contributed by atoms with van der Waals surface area (Å²) in [6.45, 7) is 2.37. The Labute approximate surface area is 160 Å². The Hall–Kier alpha value is -2.60. The Morgan fingerprint density at radius 1 is 1.07 bits per heavy atom. The molecule has 1 unspecified atom stereocenters. The van der Waals surface area contributed by atoms with Crippen LogP contribution in [0.3, 0.4) is 0 Å². The highest BCUT2D eigenvalue weighted by Crippen LogP contribution is 2.17. The molecule has 1 aromatic carbocycles. The van der Waals surface area contributed by atoms with Crippen LogP contribution in [0.1, 0.15) is 42.9 Å². The van der Waals surface area contributed by atoms with Gasteiger partial charge in [0.2, 0.25) is 0 Å². The molecule has 3 N–H and O–H groups in total.